The van der Waals surface area contributed by atoms with E-state index in [4.69, 9.17) is 5.84 Å². The molecule has 1 atom stereocenters. The molecule has 0 amide bonds. The zero-order valence-electron chi connectivity index (χ0n) is 11.5. The lowest BCUT2D eigenvalue weighted by Gasteiger charge is -2.19. The normalized spacial score (nSPS) is 23.4. The van der Waals surface area contributed by atoms with Gasteiger partial charge in [0, 0.05) is 6.04 Å². The second-order valence-corrected chi connectivity index (χ2v) is 6.48. The predicted molar refractivity (Wildman–Crippen MR) is 72.3 cm³/mol. The first-order valence-electron chi connectivity index (χ1n) is 6.35. The van der Waals surface area contributed by atoms with Crippen LogP contribution in [0, 0.1) is 23.7 Å². The van der Waals surface area contributed by atoms with Gasteiger partial charge in [0.15, 0.2) is 0 Å². The van der Waals surface area contributed by atoms with Crippen LogP contribution in [0.2, 0.25) is 0 Å². The number of hydrogen-bond donors (Lipinski definition) is 2. The summed E-state index contributed by atoms with van der Waals surface area (Å²) < 4.78 is 0. The highest BCUT2D eigenvalue weighted by Crippen LogP contribution is 2.72. The fourth-order valence-corrected chi connectivity index (χ4v) is 3.24. The number of hydrogen-bond acceptors (Lipinski definition) is 2. The summed E-state index contributed by atoms with van der Waals surface area (Å²) in [7, 11) is 0. The van der Waals surface area contributed by atoms with Gasteiger partial charge in [-0.3, -0.25) is 11.3 Å². The second-order valence-electron chi connectivity index (χ2n) is 6.48. The van der Waals surface area contributed by atoms with Crippen LogP contribution in [0.3, 0.4) is 0 Å². The lowest BCUT2D eigenvalue weighted by Crippen LogP contribution is -2.31. The molecule has 1 aromatic rings. The zero-order chi connectivity index (χ0) is 12.8. The van der Waals surface area contributed by atoms with Gasteiger partial charge in [-0.25, -0.2) is 0 Å². The summed E-state index contributed by atoms with van der Waals surface area (Å²) in [4.78, 5) is 0. The van der Waals surface area contributed by atoms with E-state index in [0.29, 0.717) is 16.7 Å². The van der Waals surface area contributed by atoms with Crippen LogP contribution in [-0.4, -0.2) is 0 Å². The molecule has 0 aliphatic heterocycles. The van der Waals surface area contributed by atoms with Crippen LogP contribution in [-0.2, 0) is 0 Å². The molecule has 0 radical (unpaired) electrons. The van der Waals surface area contributed by atoms with Gasteiger partial charge in [-0.15, -0.1) is 0 Å². The molecule has 1 aromatic carbocycles. The van der Waals surface area contributed by atoms with Crippen molar-refractivity contribution in [2.24, 2.45) is 22.6 Å². The molecule has 1 aliphatic rings. The van der Waals surface area contributed by atoms with Gasteiger partial charge in [-0.05, 0) is 29.2 Å². The maximum absolute atomic E-state index is 5.78. The first-order valence-corrected chi connectivity index (χ1v) is 6.35. The summed E-state index contributed by atoms with van der Waals surface area (Å²) in [5.74, 6) is 6.36. The Morgan fingerprint density at radius 3 is 1.88 bits per heavy atom. The average molecular weight is 232 g/mol. The van der Waals surface area contributed by atoms with Gasteiger partial charge < -0.3 is 0 Å². The first kappa shape index (κ1) is 12.6. The number of nitrogens with one attached hydrogen (secondary N) is 1. The monoisotopic (exact) mass is 232 g/mol. The van der Waals surface area contributed by atoms with Crippen molar-refractivity contribution in [3.8, 4) is 0 Å². The van der Waals surface area contributed by atoms with Crippen molar-refractivity contribution in [1.82, 2.24) is 5.43 Å². The Morgan fingerprint density at radius 2 is 1.53 bits per heavy atom. The van der Waals surface area contributed by atoms with Crippen molar-refractivity contribution < 1.29 is 0 Å². The molecule has 1 saturated carbocycles. The van der Waals surface area contributed by atoms with E-state index in [1.807, 2.05) is 0 Å². The molecule has 1 unspecified atom stereocenters. The minimum absolute atomic E-state index is 0.251. The Kier molecular flexibility index (Phi) is 2.83. The molecule has 0 bridgehead atoms. The third-order valence-corrected chi connectivity index (χ3v) is 5.08. The third-order valence-electron chi connectivity index (χ3n) is 5.08. The Hall–Kier alpha value is -0.860. The fraction of sp³-hybridized carbons (Fsp3) is 0.600. The smallest absolute Gasteiger partial charge is 0.0498 e. The standard InChI is InChI=1S/C15H24N2/c1-10-6-8-11(9-7-10)12(17-16)13-14(2,3)15(13,4)5/h6-9,12-13,17H,16H2,1-5H3. The van der Waals surface area contributed by atoms with E-state index in [1.165, 1.54) is 11.1 Å². The maximum Gasteiger partial charge on any atom is 0.0498 e. The summed E-state index contributed by atoms with van der Waals surface area (Å²) in [6, 6.07) is 8.93. The van der Waals surface area contributed by atoms with Gasteiger partial charge in [-0.1, -0.05) is 57.5 Å². The van der Waals surface area contributed by atoms with Gasteiger partial charge in [0.25, 0.3) is 0 Å². The minimum atomic E-state index is 0.251. The second kappa shape index (κ2) is 3.82. The number of nitrogens with two attached hydrogens (primary N) is 1. The molecule has 2 heteroatoms. The summed E-state index contributed by atoms with van der Waals surface area (Å²) >= 11 is 0. The molecule has 0 aromatic heterocycles. The molecule has 3 N–H and O–H groups in total. The molecule has 1 aliphatic carbocycles. The minimum Gasteiger partial charge on any atom is -0.271 e. The Bertz CT molecular complexity index is 389. The van der Waals surface area contributed by atoms with E-state index in [-0.39, 0.29) is 6.04 Å². The van der Waals surface area contributed by atoms with E-state index in [1.54, 1.807) is 0 Å². The fourth-order valence-electron chi connectivity index (χ4n) is 3.24. The van der Waals surface area contributed by atoms with Crippen molar-refractivity contribution >= 4 is 0 Å². The van der Waals surface area contributed by atoms with E-state index >= 15 is 0 Å². The highest BCUT2D eigenvalue weighted by atomic mass is 15.2. The van der Waals surface area contributed by atoms with Crippen molar-refractivity contribution in [3.63, 3.8) is 0 Å². The number of hydrazine groups is 1. The third kappa shape index (κ3) is 1.80. The number of benzene rings is 1. The Labute approximate surface area is 105 Å². The lowest BCUT2D eigenvalue weighted by molar-refractivity contribution is 0.417. The van der Waals surface area contributed by atoms with Gasteiger partial charge in [-0.2, -0.15) is 0 Å². The quantitative estimate of drug-likeness (QED) is 0.620. The zero-order valence-corrected chi connectivity index (χ0v) is 11.5. The average Bonchev–Trinajstić information content (AvgIpc) is 2.65. The van der Waals surface area contributed by atoms with Crippen LogP contribution in [0.4, 0.5) is 0 Å². The topological polar surface area (TPSA) is 38.0 Å². The van der Waals surface area contributed by atoms with Gasteiger partial charge in [0.1, 0.15) is 0 Å². The molecular weight excluding hydrogens is 208 g/mol. The SMILES string of the molecule is Cc1ccc(C(NN)C2C(C)(C)C2(C)C)cc1. The highest BCUT2D eigenvalue weighted by Gasteiger charge is 2.67. The van der Waals surface area contributed by atoms with Gasteiger partial charge in [0.05, 0.1) is 0 Å². The van der Waals surface area contributed by atoms with E-state index in [0.717, 1.165) is 0 Å². The molecular formula is C15H24N2. The molecule has 0 saturated heterocycles. The highest BCUT2D eigenvalue weighted by molar-refractivity contribution is 5.29. The maximum atomic E-state index is 5.78. The summed E-state index contributed by atoms with van der Waals surface area (Å²) in [6.45, 7) is 11.4. The summed E-state index contributed by atoms with van der Waals surface area (Å²) in [5.41, 5.74) is 6.28. The molecule has 94 valence electrons. The van der Waals surface area contributed by atoms with Gasteiger partial charge in [0.2, 0.25) is 0 Å². The van der Waals surface area contributed by atoms with Crippen LogP contribution < -0.4 is 11.3 Å². The van der Waals surface area contributed by atoms with Crippen molar-refractivity contribution in [2.45, 2.75) is 40.7 Å². The van der Waals surface area contributed by atoms with Crippen LogP contribution in [0.25, 0.3) is 0 Å². The Balaban J connectivity index is 2.28. The van der Waals surface area contributed by atoms with Crippen molar-refractivity contribution in [1.29, 1.82) is 0 Å². The van der Waals surface area contributed by atoms with E-state index in [9.17, 15) is 0 Å². The predicted octanol–water partition coefficient (Wildman–Crippen LogP) is 3.18. The van der Waals surface area contributed by atoms with E-state index in [2.05, 4.69) is 64.3 Å². The van der Waals surface area contributed by atoms with Gasteiger partial charge >= 0.3 is 0 Å². The van der Waals surface area contributed by atoms with Crippen LogP contribution in [0.5, 0.6) is 0 Å². The van der Waals surface area contributed by atoms with Crippen LogP contribution in [0.1, 0.15) is 44.9 Å². The van der Waals surface area contributed by atoms with Crippen molar-refractivity contribution in [3.05, 3.63) is 35.4 Å². The van der Waals surface area contributed by atoms with Crippen molar-refractivity contribution in [2.75, 3.05) is 0 Å². The Morgan fingerprint density at radius 1 is 1.06 bits per heavy atom. The van der Waals surface area contributed by atoms with E-state index < -0.39 is 0 Å². The molecule has 17 heavy (non-hydrogen) atoms. The number of aryl methyl sites for hydroxylation is 1. The lowest BCUT2D eigenvalue weighted by atomic mass is 9.96. The molecule has 2 nitrogen and oxygen atoms in total. The van der Waals surface area contributed by atoms with Crippen LogP contribution in [0.15, 0.2) is 24.3 Å². The first-order chi connectivity index (χ1) is 7.82. The van der Waals surface area contributed by atoms with Crippen LogP contribution >= 0.6 is 0 Å². The largest absolute Gasteiger partial charge is 0.271 e. The summed E-state index contributed by atoms with van der Waals surface area (Å²) in [6.07, 6.45) is 0. The molecule has 2 rings (SSSR count). The summed E-state index contributed by atoms with van der Waals surface area (Å²) in [5, 5.41) is 0. The number of rotatable bonds is 3. The molecule has 1 fully saturated rings. The molecule has 0 heterocycles. The molecule has 0 spiro atoms.